The molecular formula is C16H15FN2O3. The van der Waals surface area contributed by atoms with Crippen molar-refractivity contribution in [2.75, 3.05) is 12.4 Å². The average molecular weight is 302 g/mol. The molecule has 0 unspecified atom stereocenters. The summed E-state index contributed by atoms with van der Waals surface area (Å²) in [4.78, 5) is 10.8. The smallest absolute Gasteiger partial charge is 0.333 e. The maximum atomic E-state index is 13.3. The van der Waals surface area contributed by atoms with Crippen LogP contribution in [0.5, 0.6) is 5.75 Å². The number of benzene rings is 2. The average Bonchev–Trinajstić information content (AvgIpc) is 3.26. The molecule has 1 N–H and O–H groups in total. The van der Waals surface area contributed by atoms with Gasteiger partial charge in [-0.3, -0.25) is 10.1 Å². The van der Waals surface area contributed by atoms with Crippen molar-refractivity contribution in [1.82, 2.24) is 0 Å². The van der Waals surface area contributed by atoms with E-state index >= 15 is 0 Å². The van der Waals surface area contributed by atoms with Gasteiger partial charge in [-0.25, -0.2) is 4.39 Å². The first kappa shape index (κ1) is 14.3. The van der Waals surface area contributed by atoms with Gasteiger partial charge in [0.25, 0.3) is 0 Å². The third-order valence-electron chi connectivity index (χ3n) is 3.81. The van der Waals surface area contributed by atoms with Crippen molar-refractivity contribution in [3.63, 3.8) is 0 Å². The fraction of sp³-hybridized carbons (Fsp3) is 0.250. The highest BCUT2D eigenvalue weighted by molar-refractivity contribution is 5.69. The molecule has 22 heavy (non-hydrogen) atoms. The number of nitro benzene ring substituents is 1. The van der Waals surface area contributed by atoms with E-state index in [0.29, 0.717) is 5.69 Å². The lowest BCUT2D eigenvalue weighted by molar-refractivity contribution is -0.384. The van der Waals surface area contributed by atoms with Crippen LogP contribution in [0.2, 0.25) is 0 Å². The number of methoxy groups -OCH3 is 1. The van der Waals surface area contributed by atoms with Crippen LogP contribution >= 0.6 is 0 Å². The van der Waals surface area contributed by atoms with E-state index in [0.717, 1.165) is 12.0 Å². The molecule has 0 radical (unpaired) electrons. The topological polar surface area (TPSA) is 64.4 Å². The largest absolute Gasteiger partial charge is 0.490 e. The number of para-hydroxylation sites is 1. The summed E-state index contributed by atoms with van der Waals surface area (Å²) in [7, 11) is 1.40. The molecule has 2 aromatic carbocycles. The zero-order chi connectivity index (χ0) is 15.7. The predicted octanol–water partition coefficient (Wildman–Crippen LogP) is 3.71. The number of rotatable bonds is 5. The van der Waals surface area contributed by atoms with Crippen molar-refractivity contribution in [3.8, 4) is 5.75 Å². The molecule has 114 valence electrons. The molecule has 1 aliphatic rings. The third-order valence-corrected chi connectivity index (χ3v) is 3.81. The minimum absolute atomic E-state index is 0.0626. The first-order chi connectivity index (χ1) is 10.6. The second-order valence-electron chi connectivity index (χ2n) is 5.26. The number of halogens is 1. The van der Waals surface area contributed by atoms with Gasteiger partial charge in [0.1, 0.15) is 11.5 Å². The summed E-state index contributed by atoms with van der Waals surface area (Å²) in [6, 6.07) is 11.4. The third kappa shape index (κ3) is 2.72. The Labute approximate surface area is 126 Å². The van der Waals surface area contributed by atoms with Crippen molar-refractivity contribution in [2.45, 2.75) is 18.4 Å². The maximum absolute atomic E-state index is 13.3. The molecule has 6 heteroatoms. The fourth-order valence-electron chi connectivity index (χ4n) is 2.65. The number of hydrogen-bond donors (Lipinski definition) is 1. The van der Waals surface area contributed by atoms with Gasteiger partial charge in [0.05, 0.1) is 12.0 Å². The highest BCUT2D eigenvalue weighted by Gasteiger charge is 2.39. The lowest BCUT2D eigenvalue weighted by Crippen LogP contribution is -2.07. The summed E-state index contributed by atoms with van der Waals surface area (Å²) < 4.78 is 18.3. The molecule has 1 fully saturated rings. The van der Waals surface area contributed by atoms with Crippen LogP contribution in [0.15, 0.2) is 42.5 Å². The summed E-state index contributed by atoms with van der Waals surface area (Å²) in [6.07, 6.45) is 0.817. The Bertz CT molecular complexity index is 720. The van der Waals surface area contributed by atoms with Gasteiger partial charge in [-0.15, -0.1) is 0 Å². The van der Waals surface area contributed by atoms with Gasteiger partial charge in [-0.2, -0.15) is 0 Å². The van der Waals surface area contributed by atoms with Crippen LogP contribution in [0, 0.1) is 15.9 Å². The van der Waals surface area contributed by atoms with E-state index in [2.05, 4.69) is 5.32 Å². The number of ether oxygens (including phenoxy) is 1. The lowest BCUT2D eigenvalue weighted by atomic mass is 10.1. The second kappa shape index (κ2) is 5.63. The van der Waals surface area contributed by atoms with E-state index in [4.69, 9.17) is 4.74 Å². The van der Waals surface area contributed by atoms with Gasteiger partial charge >= 0.3 is 5.69 Å². The highest BCUT2D eigenvalue weighted by Crippen LogP contribution is 2.45. The van der Waals surface area contributed by atoms with Crippen molar-refractivity contribution >= 4 is 11.4 Å². The van der Waals surface area contributed by atoms with Crippen LogP contribution in [-0.2, 0) is 0 Å². The molecule has 1 saturated carbocycles. The SMILES string of the molecule is COc1cccc(N[C@@H]2C[C@H]2c2cccc(F)c2)c1[N+](=O)[O-]. The number of nitro groups is 1. The molecule has 2 atom stereocenters. The number of nitrogens with zero attached hydrogens (tertiary/aromatic N) is 1. The van der Waals surface area contributed by atoms with Gasteiger partial charge in [0.15, 0.2) is 5.75 Å². The highest BCUT2D eigenvalue weighted by atomic mass is 19.1. The minimum Gasteiger partial charge on any atom is -0.490 e. The van der Waals surface area contributed by atoms with E-state index in [1.807, 2.05) is 6.07 Å². The molecule has 0 spiro atoms. The summed E-state index contributed by atoms with van der Waals surface area (Å²) in [5, 5.41) is 14.4. The van der Waals surface area contributed by atoms with Crippen LogP contribution in [0.4, 0.5) is 15.8 Å². The Morgan fingerprint density at radius 1 is 1.32 bits per heavy atom. The zero-order valence-corrected chi connectivity index (χ0v) is 12.0. The van der Waals surface area contributed by atoms with Gasteiger partial charge in [-0.05, 0) is 36.2 Å². The zero-order valence-electron chi connectivity index (χ0n) is 12.0. The molecule has 0 bridgehead atoms. The molecule has 0 saturated heterocycles. The Morgan fingerprint density at radius 3 is 2.77 bits per heavy atom. The van der Waals surface area contributed by atoms with Crippen molar-refractivity contribution in [1.29, 1.82) is 0 Å². The molecule has 3 rings (SSSR count). The molecule has 0 amide bonds. The molecule has 0 heterocycles. The predicted molar refractivity (Wildman–Crippen MR) is 80.8 cm³/mol. The minimum atomic E-state index is -0.458. The van der Waals surface area contributed by atoms with Gasteiger partial charge < -0.3 is 10.1 Å². The molecule has 5 nitrogen and oxygen atoms in total. The van der Waals surface area contributed by atoms with Crippen molar-refractivity contribution in [2.24, 2.45) is 0 Å². The number of hydrogen-bond acceptors (Lipinski definition) is 4. The maximum Gasteiger partial charge on any atom is 0.333 e. The normalized spacial score (nSPS) is 19.5. The van der Waals surface area contributed by atoms with Crippen molar-refractivity contribution in [3.05, 3.63) is 64.0 Å². The summed E-state index contributed by atoms with van der Waals surface area (Å²) in [5.41, 5.74) is 1.26. The van der Waals surface area contributed by atoms with Crippen LogP contribution in [0.25, 0.3) is 0 Å². The van der Waals surface area contributed by atoms with Crippen LogP contribution in [-0.4, -0.2) is 18.1 Å². The van der Waals surface area contributed by atoms with Crippen LogP contribution < -0.4 is 10.1 Å². The van der Waals surface area contributed by atoms with Crippen LogP contribution in [0.1, 0.15) is 17.9 Å². The van der Waals surface area contributed by atoms with Gasteiger partial charge in [0, 0.05) is 12.0 Å². The monoisotopic (exact) mass is 302 g/mol. The Kier molecular flexibility index (Phi) is 3.66. The van der Waals surface area contributed by atoms with E-state index < -0.39 is 4.92 Å². The molecule has 0 aliphatic heterocycles. The first-order valence-electron chi connectivity index (χ1n) is 6.93. The first-order valence-corrected chi connectivity index (χ1v) is 6.93. The summed E-state index contributed by atoms with van der Waals surface area (Å²) in [5.74, 6) is 0.120. The second-order valence-corrected chi connectivity index (χ2v) is 5.26. The van der Waals surface area contributed by atoms with Crippen LogP contribution in [0.3, 0.4) is 0 Å². The quantitative estimate of drug-likeness (QED) is 0.675. The van der Waals surface area contributed by atoms with E-state index in [1.54, 1.807) is 24.3 Å². The number of nitrogens with one attached hydrogen (secondary N) is 1. The standard InChI is InChI=1S/C16H15FN2O3/c1-22-15-7-3-6-13(16(15)19(20)21)18-14-9-12(14)10-4-2-5-11(17)8-10/h2-8,12,14,18H,9H2,1H3/t12-,14+/m0/s1. The summed E-state index contributed by atoms with van der Waals surface area (Å²) in [6.45, 7) is 0. The van der Waals surface area contributed by atoms with E-state index in [-0.39, 0.29) is 29.2 Å². The fourth-order valence-corrected chi connectivity index (χ4v) is 2.65. The number of anilines is 1. The Balaban J connectivity index is 1.80. The molecule has 1 aliphatic carbocycles. The summed E-state index contributed by atoms with van der Waals surface area (Å²) >= 11 is 0. The molecule has 2 aromatic rings. The van der Waals surface area contributed by atoms with Gasteiger partial charge in [0.2, 0.25) is 0 Å². The Hall–Kier alpha value is -2.63. The lowest BCUT2D eigenvalue weighted by Gasteiger charge is -2.09. The van der Waals surface area contributed by atoms with E-state index in [9.17, 15) is 14.5 Å². The van der Waals surface area contributed by atoms with Gasteiger partial charge in [-0.1, -0.05) is 18.2 Å². The van der Waals surface area contributed by atoms with E-state index in [1.165, 1.54) is 19.2 Å². The Morgan fingerprint density at radius 2 is 2.09 bits per heavy atom. The molecular weight excluding hydrogens is 287 g/mol. The molecule has 0 aromatic heterocycles. The van der Waals surface area contributed by atoms with Crippen molar-refractivity contribution < 1.29 is 14.1 Å².